The maximum Gasteiger partial charge on any atom is 0.309 e. The molecule has 0 radical (unpaired) electrons. The van der Waals surface area contributed by atoms with Crippen LogP contribution in [0, 0.1) is 16.0 Å². The topological polar surface area (TPSA) is 72.7 Å². The Labute approximate surface area is 170 Å². The van der Waals surface area contributed by atoms with Crippen molar-refractivity contribution in [1.82, 2.24) is 4.90 Å². The van der Waals surface area contributed by atoms with Gasteiger partial charge in [-0.05, 0) is 55.8 Å². The standard InChI is InChI=1S/C23H26N2O4/c26-23(29-16-17-4-2-1-3-5-17)20-14-22(15-20)24-12-10-19(11-13-24)18-6-8-21(9-7-18)25(27)28/h1-9,19-20,22H,10-16H2/t20-,22+. The van der Waals surface area contributed by atoms with Crippen LogP contribution in [0.1, 0.15) is 42.7 Å². The van der Waals surface area contributed by atoms with E-state index in [1.165, 1.54) is 5.56 Å². The summed E-state index contributed by atoms with van der Waals surface area (Å²) >= 11 is 0. The molecule has 1 saturated heterocycles. The normalized spacial score (nSPS) is 22.6. The van der Waals surface area contributed by atoms with Gasteiger partial charge in [0.05, 0.1) is 10.8 Å². The molecule has 2 fully saturated rings. The van der Waals surface area contributed by atoms with Gasteiger partial charge in [0.1, 0.15) is 6.61 Å². The molecule has 0 atom stereocenters. The van der Waals surface area contributed by atoms with Crippen LogP contribution in [-0.4, -0.2) is 34.9 Å². The van der Waals surface area contributed by atoms with Gasteiger partial charge in [-0.25, -0.2) is 0 Å². The highest BCUT2D eigenvalue weighted by molar-refractivity contribution is 5.73. The minimum atomic E-state index is -0.357. The second-order valence-corrected chi connectivity index (χ2v) is 8.07. The third-order valence-corrected chi connectivity index (χ3v) is 6.29. The van der Waals surface area contributed by atoms with Crippen LogP contribution in [0.4, 0.5) is 5.69 Å². The van der Waals surface area contributed by atoms with Crippen LogP contribution >= 0.6 is 0 Å². The smallest absolute Gasteiger partial charge is 0.309 e. The van der Waals surface area contributed by atoms with Crippen molar-refractivity contribution in [3.63, 3.8) is 0 Å². The van der Waals surface area contributed by atoms with Crippen molar-refractivity contribution in [1.29, 1.82) is 0 Å². The molecular weight excluding hydrogens is 368 g/mol. The molecule has 6 nitrogen and oxygen atoms in total. The van der Waals surface area contributed by atoms with Crippen molar-refractivity contribution < 1.29 is 14.5 Å². The van der Waals surface area contributed by atoms with Gasteiger partial charge in [0.25, 0.3) is 5.69 Å². The highest BCUT2D eigenvalue weighted by Crippen LogP contribution is 2.37. The molecule has 1 aliphatic carbocycles. The molecule has 2 aliphatic rings. The van der Waals surface area contributed by atoms with E-state index in [2.05, 4.69) is 4.90 Å². The van der Waals surface area contributed by atoms with Crippen molar-refractivity contribution >= 4 is 11.7 Å². The summed E-state index contributed by atoms with van der Waals surface area (Å²) in [5.41, 5.74) is 2.35. The van der Waals surface area contributed by atoms with E-state index in [4.69, 9.17) is 4.74 Å². The molecule has 2 aromatic carbocycles. The lowest BCUT2D eigenvalue weighted by atomic mass is 9.78. The molecule has 2 aromatic rings. The van der Waals surface area contributed by atoms with E-state index in [0.29, 0.717) is 18.6 Å². The van der Waals surface area contributed by atoms with Gasteiger partial charge in [0.2, 0.25) is 0 Å². The second-order valence-electron chi connectivity index (χ2n) is 8.07. The molecule has 1 heterocycles. The van der Waals surface area contributed by atoms with Crippen molar-refractivity contribution in [2.45, 2.75) is 44.2 Å². The van der Waals surface area contributed by atoms with Gasteiger partial charge >= 0.3 is 5.97 Å². The van der Waals surface area contributed by atoms with Crippen LogP contribution in [-0.2, 0) is 16.1 Å². The number of likely N-dealkylation sites (tertiary alicyclic amines) is 1. The van der Waals surface area contributed by atoms with Crippen LogP contribution in [0.2, 0.25) is 0 Å². The Morgan fingerprint density at radius 1 is 1.03 bits per heavy atom. The minimum absolute atomic E-state index is 0.0242. The van der Waals surface area contributed by atoms with Gasteiger partial charge < -0.3 is 9.64 Å². The predicted octanol–water partition coefficient (Wildman–Crippen LogP) is 4.30. The van der Waals surface area contributed by atoms with Crippen molar-refractivity contribution in [2.75, 3.05) is 13.1 Å². The average Bonchev–Trinajstić information content (AvgIpc) is 2.72. The maximum absolute atomic E-state index is 12.3. The Balaban J connectivity index is 1.19. The van der Waals surface area contributed by atoms with Gasteiger partial charge in [-0.15, -0.1) is 0 Å². The molecule has 1 saturated carbocycles. The summed E-state index contributed by atoms with van der Waals surface area (Å²) in [7, 11) is 0. The van der Waals surface area contributed by atoms with E-state index < -0.39 is 0 Å². The van der Waals surface area contributed by atoms with Crippen LogP contribution in [0.5, 0.6) is 0 Å². The number of nitro benzene ring substituents is 1. The number of hydrogen-bond donors (Lipinski definition) is 0. The van der Waals surface area contributed by atoms with Gasteiger partial charge in [-0.3, -0.25) is 14.9 Å². The first-order chi connectivity index (χ1) is 14.1. The predicted molar refractivity (Wildman–Crippen MR) is 109 cm³/mol. The first kappa shape index (κ1) is 19.6. The van der Waals surface area contributed by atoms with Crippen molar-refractivity contribution in [2.24, 2.45) is 5.92 Å². The zero-order valence-corrected chi connectivity index (χ0v) is 16.4. The van der Waals surface area contributed by atoms with Crippen LogP contribution in [0.25, 0.3) is 0 Å². The molecule has 1 aliphatic heterocycles. The van der Waals surface area contributed by atoms with Gasteiger partial charge in [0.15, 0.2) is 0 Å². The van der Waals surface area contributed by atoms with E-state index in [1.54, 1.807) is 12.1 Å². The Morgan fingerprint density at radius 3 is 2.31 bits per heavy atom. The molecule has 152 valence electrons. The van der Waals surface area contributed by atoms with E-state index in [1.807, 2.05) is 42.5 Å². The van der Waals surface area contributed by atoms with E-state index in [0.717, 1.165) is 44.3 Å². The lowest BCUT2D eigenvalue weighted by molar-refractivity contribution is -0.384. The van der Waals surface area contributed by atoms with Gasteiger partial charge in [-0.1, -0.05) is 42.5 Å². The third-order valence-electron chi connectivity index (χ3n) is 6.29. The number of carbonyl (C=O) groups excluding carboxylic acids is 1. The number of benzene rings is 2. The third kappa shape index (κ3) is 4.65. The zero-order chi connectivity index (χ0) is 20.2. The number of carbonyl (C=O) groups is 1. The molecule has 6 heteroatoms. The lowest BCUT2D eigenvalue weighted by Gasteiger charge is -2.44. The molecule has 29 heavy (non-hydrogen) atoms. The highest BCUT2D eigenvalue weighted by Gasteiger charge is 2.40. The van der Waals surface area contributed by atoms with E-state index in [-0.39, 0.29) is 22.5 Å². The van der Waals surface area contributed by atoms with Gasteiger partial charge in [0, 0.05) is 18.2 Å². The Bertz CT molecular complexity index is 839. The molecular formula is C23H26N2O4. The number of nitro groups is 1. The fourth-order valence-corrected chi connectivity index (χ4v) is 4.39. The van der Waals surface area contributed by atoms with Crippen molar-refractivity contribution in [3.8, 4) is 0 Å². The lowest BCUT2D eigenvalue weighted by Crippen LogP contribution is -2.50. The fraction of sp³-hybridized carbons (Fsp3) is 0.435. The van der Waals surface area contributed by atoms with E-state index >= 15 is 0 Å². The molecule has 0 bridgehead atoms. The molecule has 0 N–H and O–H groups in total. The summed E-state index contributed by atoms with van der Waals surface area (Å²) < 4.78 is 5.46. The summed E-state index contributed by atoms with van der Waals surface area (Å²) in [4.78, 5) is 25.2. The summed E-state index contributed by atoms with van der Waals surface area (Å²) in [6.45, 7) is 2.37. The zero-order valence-electron chi connectivity index (χ0n) is 16.4. The number of non-ortho nitro benzene ring substituents is 1. The monoisotopic (exact) mass is 394 g/mol. The Hall–Kier alpha value is -2.73. The second kappa shape index (κ2) is 8.74. The average molecular weight is 394 g/mol. The number of esters is 1. The highest BCUT2D eigenvalue weighted by atomic mass is 16.6. The molecule has 0 amide bonds. The molecule has 4 rings (SSSR count). The summed E-state index contributed by atoms with van der Waals surface area (Å²) in [6.07, 6.45) is 3.88. The first-order valence-electron chi connectivity index (χ1n) is 10.3. The van der Waals surface area contributed by atoms with E-state index in [9.17, 15) is 14.9 Å². The van der Waals surface area contributed by atoms with Crippen LogP contribution < -0.4 is 0 Å². The van der Waals surface area contributed by atoms with Crippen LogP contribution in [0.15, 0.2) is 54.6 Å². The number of nitrogens with zero attached hydrogens (tertiary/aromatic N) is 2. The SMILES string of the molecule is O=C(OCc1ccccc1)[C@H]1C[C@@H](N2CCC(c3ccc([N+](=O)[O-])cc3)CC2)C1. The molecule has 0 unspecified atom stereocenters. The fourth-order valence-electron chi connectivity index (χ4n) is 4.39. The summed E-state index contributed by atoms with van der Waals surface area (Å²) in [5.74, 6) is 0.403. The largest absolute Gasteiger partial charge is 0.461 e. The molecule has 0 spiro atoms. The first-order valence-corrected chi connectivity index (χ1v) is 10.3. The number of piperidine rings is 1. The minimum Gasteiger partial charge on any atom is -0.461 e. The Kier molecular flexibility index (Phi) is 5.90. The number of rotatable bonds is 6. The number of ether oxygens (including phenoxy) is 1. The maximum atomic E-state index is 12.3. The Morgan fingerprint density at radius 2 is 1.69 bits per heavy atom. The van der Waals surface area contributed by atoms with Crippen molar-refractivity contribution in [3.05, 3.63) is 75.8 Å². The summed E-state index contributed by atoms with van der Waals surface area (Å²) in [5, 5.41) is 10.8. The van der Waals surface area contributed by atoms with Gasteiger partial charge in [-0.2, -0.15) is 0 Å². The quantitative estimate of drug-likeness (QED) is 0.415. The summed E-state index contributed by atoms with van der Waals surface area (Å²) in [6, 6.07) is 17.2. The molecule has 0 aromatic heterocycles. The van der Waals surface area contributed by atoms with Crippen LogP contribution in [0.3, 0.4) is 0 Å². The number of hydrogen-bond acceptors (Lipinski definition) is 5.